The van der Waals surface area contributed by atoms with Gasteiger partial charge in [0.05, 0.1) is 20.0 Å². The molecule has 0 bridgehead atoms. The molecule has 2 heterocycles. The van der Waals surface area contributed by atoms with Crippen LogP contribution in [0.5, 0.6) is 11.5 Å². The molecule has 0 saturated carbocycles. The van der Waals surface area contributed by atoms with Gasteiger partial charge in [0.1, 0.15) is 24.4 Å². The normalized spacial score (nSPS) is 18.9. The van der Waals surface area contributed by atoms with Crippen molar-refractivity contribution in [2.24, 2.45) is 0 Å². The Hall–Kier alpha value is -2.65. The number of quaternary nitrogens is 1. The number of furan rings is 1. The highest BCUT2D eigenvalue weighted by Crippen LogP contribution is 2.34. The molecule has 27 heavy (non-hydrogen) atoms. The van der Waals surface area contributed by atoms with E-state index in [4.69, 9.17) is 13.9 Å². The lowest BCUT2D eigenvalue weighted by atomic mass is 10.2. The molecular weight excluding hydrogens is 374 g/mol. The van der Waals surface area contributed by atoms with Crippen LogP contribution in [0.25, 0.3) is 0 Å². The fourth-order valence-electron chi connectivity index (χ4n) is 2.68. The average molecular weight is 393 g/mol. The van der Waals surface area contributed by atoms with Gasteiger partial charge in [0.25, 0.3) is 0 Å². The second-order valence-corrected chi connectivity index (χ2v) is 7.00. The summed E-state index contributed by atoms with van der Waals surface area (Å²) < 4.78 is 21.1. The molecule has 8 nitrogen and oxygen atoms in total. The molecule has 144 valence electrons. The Labute approximate surface area is 159 Å². The maximum absolute atomic E-state index is 11.4. The SMILES string of the molecule is COC(=O)c1ccc(COc2cc([C@@H]3[NH2+][C@@H](C(=O)[O-])CS3)ccc2OC)o1. The standard InChI is InChI=1S/C18H19NO7S/c1-23-13-5-3-10(16-19-12(9-27-16)17(20)21)7-15(13)25-8-11-4-6-14(26-11)18(22)24-2/h3-7,12,16,19H,8-9H2,1-2H3,(H,20,21)/t12-,16-/m1/s1. The van der Waals surface area contributed by atoms with Crippen LogP contribution in [0, 0.1) is 0 Å². The minimum absolute atomic E-state index is 0.0595. The maximum Gasteiger partial charge on any atom is 0.373 e. The second-order valence-electron chi connectivity index (χ2n) is 5.83. The number of carboxylic acids is 1. The minimum atomic E-state index is -1.06. The quantitative estimate of drug-likeness (QED) is 0.658. The van der Waals surface area contributed by atoms with Crippen LogP contribution in [0.4, 0.5) is 0 Å². The van der Waals surface area contributed by atoms with Gasteiger partial charge in [-0.05, 0) is 30.3 Å². The molecule has 1 saturated heterocycles. The number of methoxy groups -OCH3 is 2. The van der Waals surface area contributed by atoms with E-state index in [-0.39, 0.29) is 17.7 Å². The number of nitrogens with two attached hydrogens (primary N) is 1. The monoisotopic (exact) mass is 393 g/mol. The number of hydrogen-bond acceptors (Lipinski definition) is 8. The van der Waals surface area contributed by atoms with E-state index in [0.29, 0.717) is 23.0 Å². The summed E-state index contributed by atoms with van der Waals surface area (Å²) >= 11 is 1.53. The smallest absolute Gasteiger partial charge is 0.373 e. The topological polar surface area (TPSA) is 115 Å². The number of carbonyl (C=O) groups is 2. The molecule has 9 heteroatoms. The summed E-state index contributed by atoms with van der Waals surface area (Å²) in [6.45, 7) is 0.0972. The summed E-state index contributed by atoms with van der Waals surface area (Å²) in [6, 6.07) is 8.05. The third kappa shape index (κ3) is 4.37. The molecule has 0 spiro atoms. The van der Waals surface area contributed by atoms with Crippen molar-refractivity contribution in [3.63, 3.8) is 0 Å². The summed E-state index contributed by atoms with van der Waals surface area (Å²) in [4.78, 5) is 22.5. The molecular formula is C18H19NO7S. The lowest BCUT2D eigenvalue weighted by molar-refractivity contribution is -0.690. The molecule has 2 atom stereocenters. The van der Waals surface area contributed by atoms with E-state index < -0.39 is 18.0 Å². The third-order valence-corrected chi connectivity index (χ3v) is 5.44. The molecule has 0 radical (unpaired) electrons. The number of carboxylic acid groups (broad SMARTS) is 1. The molecule has 1 aliphatic rings. The van der Waals surface area contributed by atoms with Gasteiger partial charge < -0.3 is 33.8 Å². The van der Waals surface area contributed by atoms with E-state index in [1.165, 1.54) is 32.0 Å². The number of rotatable bonds is 7. The van der Waals surface area contributed by atoms with Gasteiger partial charge in [-0.1, -0.05) is 11.8 Å². The van der Waals surface area contributed by atoms with Crippen LogP contribution in [-0.2, 0) is 16.1 Å². The van der Waals surface area contributed by atoms with Crippen molar-refractivity contribution in [3.8, 4) is 11.5 Å². The Morgan fingerprint density at radius 2 is 2.07 bits per heavy atom. The zero-order valence-corrected chi connectivity index (χ0v) is 15.6. The average Bonchev–Trinajstić information content (AvgIpc) is 3.35. The maximum atomic E-state index is 11.4. The van der Waals surface area contributed by atoms with Crippen molar-refractivity contribution in [1.82, 2.24) is 0 Å². The predicted molar refractivity (Wildman–Crippen MR) is 93.3 cm³/mol. The molecule has 0 aliphatic carbocycles. The summed E-state index contributed by atoms with van der Waals surface area (Å²) in [5.74, 6) is 0.461. The predicted octanol–water partition coefficient (Wildman–Crippen LogP) is 0.0811. The van der Waals surface area contributed by atoms with Gasteiger partial charge in [0.15, 0.2) is 16.9 Å². The lowest BCUT2D eigenvalue weighted by Crippen LogP contribution is -2.90. The molecule has 0 unspecified atom stereocenters. The van der Waals surface area contributed by atoms with Crippen LogP contribution < -0.4 is 19.9 Å². The second kappa shape index (κ2) is 8.36. The van der Waals surface area contributed by atoms with E-state index in [2.05, 4.69) is 4.74 Å². The first-order chi connectivity index (χ1) is 13.0. The fraction of sp³-hybridized carbons (Fsp3) is 0.333. The first kappa shape index (κ1) is 19.1. The molecule has 1 aliphatic heterocycles. The Balaban J connectivity index is 1.71. The highest BCUT2D eigenvalue weighted by molar-refractivity contribution is 7.99. The zero-order chi connectivity index (χ0) is 19.4. The number of carbonyl (C=O) groups excluding carboxylic acids is 2. The fourth-order valence-corrected chi connectivity index (χ4v) is 3.98. The van der Waals surface area contributed by atoms with Crippen molar-refractivity contribution in [2.45, 2.75) is 18.0 Å². The van der Waals surface area contributed by atoms with Crippen LogP contribution >= 0.6 is 11.8 Å². The van der Waals surface area contributed by atoms with Gasteiger partial charge in [0, 0.05) is 5.56 Å². The number of ether oxygens (including phenoxy) is 3. The van der Waals surface area contributed by atoms with E-state index in [0.717, 1.165) is 5.56 Å². The molecule has 1 fully saturated rings. The van der Waals surface area contributed by atoms with E-state index in [9.17, 15) is 14.7 Å². The van der Waals surface area contributed by atoms with Crippen LogP contribution in [0.3, 0.4) is 0 Å². The summed E-state index contributed by atoms with van der Waals surface area (Å²) in [6.07, 6.45) is 0. The highest BCUT2D eigenvalue weighted by atomic mass is 32.2. The van der Waals surface area contributed by atoms with Crippen LogP contribution in [-0.4, -0.2) is 38.0 Å². The Kier molecular flexibility index (Phi) is 5.92. The highest BCUT2D eigenvalue weighted by Gasteiger charge is 2.31. The molecule has 0 amide bonds. The van der Waals surface area contributed by atoms with Crippen LogP contribution in [0.2, 0.25) is 0 Å². The molecule has 3 rings (SSSR count). The first-order valence-corrected chi connectivity index (χ1v) is 9.22. The van der Waals surface area contributed by atoms with Gasteiger partial charge in [-0.15, -0.1) is 0 Å². The number of esters is 1. The van der Waals surface area contributed by atoms with E-state index >= 15 is 0 Å². The largest absolute Gasteiger partial charge is 0.544 e. The number of thioether (sulfide) groups is 1. The number of aliphatic carboxylic acids is 1. The van der Waals surface area contributed by atoms with Crippen molar-refractivity contribution < 1.29 is 38.6 Å². The van der Waals surface area contributed by atoms with Crippen molar-refractivity contribution in [2.75, 3.05) is 20.0 Å². The van der Waals surface area contributed by atoms with Gasteiger partial charge in [0.2, 0.25) is 5.76 Å². The van der Waals surface area contributed by atoms with Crippen LogP contribution in [0.15, 0.2) is 34.7 Å². The molecule has 2 N–H and O–H groups in total. The zero-order valence-electron chi connectivity index (χ0n) is 14.8. The van der Waals surface area contributed by atoms with Gasteiger partial charge in [-0.3, -0.25) is 0 Å². The number of hydrogen-bond donors (Lipinski definition) is 1. The van der Waals surface area contributed by atoms with Gasteiger partial charge in [-0.25, -0.2) is 4.79 Å². The molecule has 1 aromatic heterocycles. The Bertz CT molecular complexity index is 835. The summed E-state index contributed by atoms with van der Waals surface area (Å²) in [5.41, 5.74) is 0.911. The Morgan fingerprint density at radius 1 is 1.26 bits per heavy atom. The Morgan fingerprint density at radius 3 is 2.74 bits per heavy atom. The van der Waals surface area contributed by atoms with Crippen molar-refractivity contribution in [1.29, 1.82) is 0 Å². The molecule has 2 aromatic rings. The van der Waals surface area contributed by atoms with E-state index in [1.807, 2.05) is 12.1 Å². The minimum Gasteiger partial charge on any atom is -0.544 e. The van der Waals surface area contributed by atoms with Crippen LogP contribution in [0.1, 0.15) is 27.3 Å². The summed E-state index contributed by atoms with van der Waals surface area (Å²) in [5, 5.41) is 12.7. The first-order valence-electron chi connectivity index (χ1n) is 8.17. The van der Waals surface area contributed by atoms with Gasteiger partial charge >= 0.3 is 5.97 Å². The summed E-state index contributed by atoms with van der Waals surface area (Å²) in [7, 11) is 2.81. The van der Waals surface area contributed by atoms with Crippen molar-refractivity contribution in [3.05, 3.63) is 47.4 Å². The number of benzene rings is 1. The molecule has 1 aromatic carbocycles. The third-order valence-electron chi connectivity index (χ3n) is 4.10. The lowest BCUT2D eigenvalue weighted by Gasteiger charge is -2.14. The van der Waals surface area contributed by atoms with Crippen molar-refractivity contribution >= 4 is 23.7 Å². The van der Waals surface area contributed by atoms with E-state index in [1.54, 1.807) is 17.4 Å². The van der Waals surface area contributed by atoms with Gasteiger partial charge in [-0.2, -0.15) is 0 Å².